The van der Waals surface area contributed by atoms with Crippen LogP contribution >= 0.6 is 0 Å². The van der Waals surface area contributed by atoms with E-state index in [2.05, 4.69) is 33.9 Å². The van der Waals surface area contributed by atoms with Crippen LogP contribution in [0.4, 0.5) is 22.2 Å². The number of fused-ring (bicyclic) bond motifs is 1. The van der Waals surface area contributed by atoms with Gasteiger partial charge in [-0.05, 0) is 46.8 Å². The number of carbonyl (C=O) groups is 1. The second-order valence-corrected chi connectivity index (χ2v) is 10.9. The van der Waals surface area contributed by atoms with E-state index in [4.69, 9.17) is 9.72 Å². The van der Waals surface area contributed by atoms with Crippen molar-refractivity contribution in [3.8, 4) is 12.1 Å². The largest absolute Gasteiger partial charge is 0.444 e. The number of piperazine rings is 1. The molecule has 0 N–H and O–H groups in total. The van der Waals surface area contributed by atoms with Crippen LogP contribution < -0.4 is 9.80 Å². The van der Waals surface area contributed by atoms with Crippen molar-refractivity contribution in [1.82, 2.24) is 19.9 Å². The first kappa shape index (κ1) is 25.2. The quantitative estimate of drug-likeness (QED) is 0.633. The van der Waals surface area contributed by atoms with E-state index in [1.807, 2.05) is 39.5 Å². The lowest BCUT2D eigenvalue weighted by Crippen LogP contribution is -2.59. The molecule has 2 aromatic rings. The van der Waals surface area contributed by atoms with Gasteiger partial charge in [0.1, 0.15) is 29.4 Å². The fraction of sp³-hybridized carbons (Fsp3) is 0.538. The van der Waals surface area contributed by atoms with E-state index in [9.17, 15) is 15.3 Å². The first-order valence-corrected chi connectivity index (χ1v) is 12.1. The molecule has 0 radical (unpaired) electrons. The molecular weight excluding hydrogens is 456 g/mol. The normalized spacial score (nSPS) is 23.6. The maximum Gasteiger partial charge on any atom is 0.410 e. The van der Waals surface area contributed by atoms with E-state index in [-0.39, 0.29) is 24.6 Å². The summed E-state index contributed by atoms with van der Waals surface area (Å²) in [6.45, 7) is 13.2. The Kier molecular flexibility index (Phi) is 6.48. The summed E-state index contributed by atoms with van der Waals surface area (Å²) >= 11 is 0. The fourth-order valence-electron chi connectivity index (χ4n) is 4.97. The Morgan fingerprint density at radius 3 is 2.56 bits per heavy atom. The van der Waals surface area contributed by atoms with E-state index in [1.165, 1.54) is 6.33 Å². The number of amides is 1. The van der Waals surface area contributed by atoms with Gasteiger partial charge in [-0.3, -0.25) is 0 Å². The minimum atomic E-state index is -0.565. The van der Waals surface area contributed by atoms with E-state index in [1.54, 1.807) is 23.2 Å². The molecule has 4 heterocycles. The molecule has 10 nitrogen and oxygen atoms in total. The minimum Gasteiger partial charge on any atom is -0.444 e. The van der Waals surface area contributed by atoms with Crippen LogP contribution in [0.2, 0.25) is 0 Å². The van der Waals surface area contributed by atoms with Crippen molar-refractivity contribution >= 4 is 23.5 Å². The fourth-order valence-corrected chi connectivity index (χ4v) is 4.97. The number of carbonyl (C=O) groups excluding carboxylic acids is 1. The molecular formula is C26H32N8O2. The van der Waals surface area contributed by atoms with Crippen LogP contribution in [0.15, 0.2) is 24.7 Å². The average Bonchev–Trinajstić information content (AvgIpc) is 3.12. The zero-order valence-electron chi connectivity index (χ0n) is 21.7. The van der Waals surface area contributed by atoms with Gasteiger partial charge in [0, 0.05) is 55.3 Å². The van der Waals surface area contributed by atoms with Gasteiger partial charge in [-0.25, -0.2) is 19.7 Å². The predicted molar refractivity (Wildman–Crippen MR) is 135 cm³/mol. The maximum atomic E-state index is 12.8. The molecule has 36 heavy (non-hydrogen) atoms. The van der Waals surface area contributed by atoms with Crippen LogP contribution in [0.3, 0.4) is 0 Å². The first-order valence-electron chi connectivity index (χ1n) is 12.1. The number of ether oxygens (including phenoxy) is 1. The molecule has 4 rings (SSSR count). The Balaban J connectivity index is 1.72. The molecule has 2 aliphatic heterocycles. The monoisotopic (exact) mass is 488 g/mol. The summed E-state index contributed by atoms with van der Waals surface area (Å²) in [4.78, 5) is 32.5. The van der Waals surface area contributed by atoms with Gasteiger partial charge in [0.15, 0.2) is 0 Å². The van der Waals surface area contributed by atoms with Gasteiger partial charge in [0.25, 0.3) is 0 Å². The SMILES string of the molecule is C[C@@H]1CN(c2ncnc3c2[C@](C)(CC#N)CN3c2cc(C#N)ccn2)[C@@H](C)CN1C(=O)OC(C)(C)C. The highest BCUT2D eigenvalue weighted by Gasteiger charge is 2.46. The van der Waals surface area contributed by atoms with Crippen LogP contribution in [0.5, 0.6) is 0 Å². The molecule has 3 atom stereocenters. The van der Waals surface area contributed by atoms with Gasteiger partial charge in [-0.2, -0.15) is 10.5 Å². The Bertz CT molecular complexity index is 1240. The summed E-state index contributed by atoms with van der Waals surface area (Å²) in [7, 11) is 0. The number of pyridine rings is 1. The summed E-state index contributed by atoms with van der Waals surface area (Å²) in [6.07, 6.45) is 3.09. The highest BCUT2D eigenvalue weighted by Crippen LogP contribution is 2.48. The summed E-state index contributed by atoms with van der Waals surface area (Å²) in [5.41, 5.74) is 0.284. The van der Waals surface area contributed by atoms with Crippen molar-refractivity contribution in [3.05, 3.63) is 35.8 Å². The molecule has 0 unspecified atom stereocenters. The van der Waals surface area contributed by atoms with Crippen molar-refractivity contribution < 1.29 is 9.53 Å². The second-order valence-electron chi connectivity index (χ2n) is 10.9. The predicted octanol–water partition coefficient (Wildman–Crippen LogP) is 3.90. The zero-order valence-corrected chi connectivity index (χ0v) is 21.7. The maximum absolute atomic E-state index is 12.8. The Labute approximate surface area is 212 Å². The number of hydrogen-bond donors (Lipinski definition) is 0. The molecule has 2 aromatic heterocycles. The van der Waals surface area contributed by atoms with Crippen molar-refractivity contribution in [2.75, 3.05) is 29.4 Å². The molecule has 0 spiro atoms. The van der Waals surface area contributed by atoms with E-state index < -0.39 is 11.0 Å². The number of rotatable bonds is 3. The summed E-state index contributed by atoms with van der Waals surface area (Å²) in [6, 6.07) is 7.75. The van der Waals surface area contributed by atoms with E-state index >= 15 is 0 Å². The summed E-state index contributed by atoms with van der Waals surface area (Å²) in [5.74, 6) is 2.06. The molecule has 0 bridgehead atoms. The second kappa shape index (κ2) is 9.27. The molecule has 0 saturated carbocycles. The lowest BCUT2D eigenvalue weighted by molar-refractivity contribution is 0.0129. The molecule has 0 aliphatic carbocycles. The first-order chi connectivity index (χ1) is 17.0. The Morgan fingerprint density at radius 1 is 1.17 bits per heavy atom. The van der Waals surface area contributed by atoms with Crippen LogP contribution in [0.25, 0.3) is 0 Å². The number of anilines is 3. The number of aromatic nitrogens is 3. The molecule has 10 heteroatoms. The highest BCUT2D eigenvalue weighted by molar-refractivity contribution is 5.75. The van der Waals surface area contributed by atoms with Gasteiger partial charge < -0.3 is 19.4 Å². The number of nitrogens with zero attached hydrogens (tertiary/aromatic N) is 8. The van der Waals surface area contributed by atoms with Crippen LogP contribution in [-0.4, -0.2) is 63.3 Å². The standard InChI is InChI=1S/C26H32N8O2/c1-17-14-33(24(35)36-25(3,4)5)18(2)13-32(17)22-21-23(31-16-30-22)34(15-26(21,6)8-9-27)20-11-19(12-28)7-10-29-20/h7,10-11,16-18H,8,13-15H2,1-6H3/t17-,18+,26+/m0/s1. The summed E-state index contributed by atoms with van der Waals surface area (Å²) < 4.78 is 5.63. The van der Waals surface area contributed by atoms with Crippen LogP contribution in [0, 0.1) is 22.7 Å². The third-order valence-corrected chi connectivity index (χ3v) is 6.68. The van der Waals surface area contributed by atoms with Gasteiger partial charge in [-0.1, -0.05) is 6.92 Å². The third kappa shape index (κ3) is 4.64. The molecule has 1 fully saturated rings. The van der Waals surface area contributed by atoms with Crippen molar-refractivity contribution in [2.45, 2.75) is 71.1 Å². The molecule has 188 valence electrons. The minimum absolute atomic E-state index is 0.0341. The van der Waals surface area contributed by atoms with Crippen molar-refractivity contribution in [2.24, 2.45) is 0 Å². The molecule has 0 aromatic carbocycles. The Morgan fingerprint density at radius 2 is 1.89 bits per heavy atom. The van der Waals surface area contributed by atoms with Gasteiger partial charge in [-0.15, -0.1) is 0 Å². The third-order valence-electron chi connectivity index (χ3n) is 6.68. The van der Waals surface area contributed by atoms with E-state index in [0.29, 0.717) is 36.8 Å². The molecule has 2 aliphatic rings. The van der Waals surface area contributed by atoms with Crippen molar-refractivity contribution in [3.63, 3.8) is 0 Å². The summed E-state index contributed by atoms with van der Waals surface area (Å²) in [5, 5.41) is 19.1. The van der Waals surface area contributed by atoms with Gasteiger partial charge in [0.2, 0.25) is 0 Å². The van der Waals surface area contributed by atoms with Crippen molar-refractivity contribution in [1.29, 1.82) is 10.5 Å². The number of nitriles is 2. The average molecular weight is 489 g/mol. The van der Waals surface area contributed by atoms with Crippen LogP contribution in [0.1, 0.15) is 59.1 Å². The lowest BCUT2D eigenvalue weighted by Gasteiger charge is -2.45. The lowest BCUT2D eigenvalue weighted by atomic mass is 9.82. The van der Waals surface area contributed by atoms with Gasteiger partial charge in [0.05, 0.1) is 17.7 Å². The zero-order chi connectivity index (χ0) is 26.3. The molecule has 1 amide bonds. The van der Waals surface area contributed by atoms with E-state index in [0.717, 1.165) is 11.4 Å². The van der Waals surface area contributed by atoms with Gasteiger partial charge >= 0.3 is 6.09 Å². The molecule has 1 saturated heterocycles. The smallest absolute Gasteiger partial charge is 0.410 e. The Hall–Kier alpha value is -3.92. The van der Waals surface area contributed by atoms with Crippen LogP contribution in [-0.2, 0) is 10.2 Å². The topological polar surface area (TPSA) is 122 Å². The highest BCUT2D eigenvalue weighted by atomic mass is 16.6. The number of hydrogen-bond acceptors (Lipinski definition) is 9.